The summed E-state index contributed by atoms with van der Waals surface area (Å²) >= 11 is 0.459. The van der Waals surface area contributed by atoms with Crippen LogP contribution in [0.4, 0.5) is 8.78 Å². The Bertz CT molecular complexity index is 913. The Morgan fingerprint density at radius 2 is 1.73 bits per heavy atom. The predicted molar refractivity (Wildman–Crippen MR) is 100.0 cm³/mol. The first-order valence-corrected chi connectivity index (χ1v) is 8.83. The van der Waals surface area contributed by atoms with E-state index in [-0.39, 0.29) is 5.91 Å². The van der Waals surface area contributed by atoms with Crippen LogP contribution in [-0.2, 0) is 6.54 Å². The minimum atomic E-state index is -2.47. The summed E-state index contributed by atoms with van der Waals surface area (Å²) < 4.78 is 29.8. The number of fused-ring (bicyclic) bond motifs is 1. The fraction of sp³-hybridized carbons (Fsp3) is 0.150. The van der Waals surface area contributed by atoms with Crippen LogP contribution in [0.5, 0.6) is 5.75 Å². The molecule has 0 unspecified atom stereocenters. The topological polar surface area (TPSA) is 38.3 Å². The summed E-state index contributed by atoms with van der Waals surface area (Å²) in [6, 6.07) is 17.9. The first-order chi connectivity index (χ1) is 12.5. The van der Waals surface area contributed by atoms with Crippen molar-refractivity contribution >= 4 is 28.4 Å². The molecular formula is C20H17F2NO2S. The van der Waals surface area contributed by atoms with Crippen LogP contribution in [0.1, 0.15) is 15.9 Å². The van der Waals surface area contributed by atoms with E-state index in [9.17, 15) is 13.6 Å². The molecule has 0 atom stereocenters. The summed E-state index contributed by atoms with van der Waals surface area (Å²) in [6.45, 7) is 0.383. The number of carbonyl (C=O) groups excluding carboxylic acids is 1. The summed E-state index contributed by atoms with van der Waals surface area (Å²) in [4.78, 5) is 12.6. The van der Waals surface area contributed by atoms with Crippen LogP contribution in [0.3, 0.4) is 0 Å². The number of amides is 1. The summed E-state index contributed by atoms with van der Waals surface area (Å²) in [5.41, 5.74) is 1.41. The third kappa shape index (κ3) is 4.52. The van der Waals surface area contributed by atoms with Gasteiger partial charge in [0.15, 0.2) is 0 Å². The van der Waals surface area contributed by atoms with Gasteiger partial charge in [0.25, 0.3) is 11.7 Å². The quantitative estimate of drug-likeness (QED) is 0.612. The van der Waals surface area contributed by atoms with E-state index in [0.29, 0.717) is 28.8 Å². The minimum absolute atomic E-state index is 0.242. The largest absolute Gasteiger partial charge is 0.497 e. The number of hydrogen-bond donors (Lipinski definition) is 1. The van der Waals surface area contributed by atoms with E-state index in [1.807, 2.05) is 36.4 Å². The Morgan fingerprint density at radius 3 is 2.42 bits per heavy atom. The lowest BCUT2D eigenvalue weighted by molar-refractivity contribution is 0.0951. The van der Waals surface area contributed by atoms with Gasteiger partial charge in [-0.2, -0.15) is 8.78 Å². The van der Waals surface area contributed by atoms with E-state index in [1.54, 1.807) is 19.2 Å². The van der Waals surface area contributed by atoms with Crippen LogP contribution in [0.25, 0.3) is 10.8 Å². The minimum Gasteiger partial charge on any atom is -0.497 e. The molecule has 0 spiro atoms. The Balaban J connectivity index is 1.64. The van der Waals surface area contributed by atoms with Crippen molar-refractivity contribution in [1.29, 1.82) is 0 Å². The lowest BCUT2D eigenvalue weighted by Gasteiger charge is -2.08. The highest BCUT2D eigenvalue weighted by atomic mass is 32.2. The van der Waals surface area contributed by atoms with E-state index in [1.165, 1.54) is 12.1 Å². The van der Waals surface area contributed by atoms with E-state index in [4.69, 9.17) is 4.74 Å². The molecule has 3 aromatic carbocycles. The molecular weight excluding hydrogens is 356 g/mol. The van der Waals surface area contributed by atoms with Gasteiger partial charge in [0.1, 0.15) is 5.75 Å². The van der Waals surface area contributed by atoms with Crippen LogP contribution in [0, 0.1) is 0 Å². The highest BCUT2D eigenvalue weighted by molar-refractivity contribution is 7.99. The Morgan fingerprint density at radius 1 is 1.04 bits per heavy atom. The lowest BCUT2D eigenvalue weighted by atomic mass is 10.1. The van der Waals surface area contributed by atoms with Crippen LogP contribution < -0.4 is 10.1 Å². The van der Waals surface area contributed by atoms with Crippen molar-refractivity contribution in [3.05, 3.63) is 71.8 Å². The second-order valence-electron chi connectivity index (χ2n) is 5.63. The SMILES string of the molecule is COc1ccc2cc(CNC(=O)c3ccc(SC(F)F)cc3)ccc2c1. The molecule has 26 heavy (non-hydrogen) atoms. The van der Waals surface area contributed by atoms with Crippen molar-refractivity contribution in [2.75, 3.05) is 7.11 Å². The van der Waals surface area contributed by atoms with E-state index >= 15 is 0 Å². The van der Waals surface area contributed by atoms with Crippen LogP contribution >= 0.6 is 11.8 Å². The van der Waals surface area contributed by atoms with Gasteiger partial charge in [-0.05, 0) is 58.8 Å². The smallest absolute Gasteiger partial charge is 0.288 e. The second kappa shape index (κ2) is 8.19. The molecule has 0 aliphatic carbocycles. The molecule has 0 radical (unpaired) electrons. The summed E-state index contributed by atoms with van der Waals surface area (Å²) in [5, 5.41) is 4.97. The van der Waals surface area contributed by atoms with E-state index in [0.717, 1.165) is 22.1 Å². The van der Waals surface area contributed by atoms with Gasteiger partial charge in [0, 0.05) is 17.0 Å². The van der Waals surface area contributed by atoms with Crippen LogP contribution in [-0.4, -0.2) is 18.8 Å². The maximum Gasteiger partial charge on any atom is 0.288 e. The van der Waals surface area contributed by atoms with Crippen molar-refractivity contribution in [3.8, 4) is 5.75 Å². The lowest BCUT2D eigenvalue weighted by Crippen LogP contribution is -2.22. The zero-order chi connectivity index (χ0) is 18.5. The van der Waals surface area contributed by atoms with Gasteiger partial charge in [0.2, 0.25) is 0 Å². The molecule has 0 bridgehead atoms. The molecule has 1 amide bonds. The molecule has 0 aromatic heterocycles. The highest BCUT2D eigenvalue weighted by Crippen LogP contribution is 2.25. The number of hydrogen-bond acceptors (Lipinski definition) is 3. The molecule has 1 N–H and O–H groups in total. The number of alkyl halides is 2. The summed E-state index contributed by atoms with van der Waals surface area (Å²) in [6.07, 6.45) is 0. The summed E-state index contributed by atoms with van der Waals surface area (Å²) in [7, 11) is 1.63. The molecule has 134 valence electrons. The van der Waals surface area contributed by atoms with Crippen molar-refractivity contribution in [3.63, 3.8) is 0 Å². The number of rotatable bonds is 6. The molecule has 3 aromatic rings. The van der Waals surface area contributed by atoms with E-state index < -0.39 is 5.76 Å². The van der Waals surface area contributed by atoms with Gasteiger partial charge < -0.3 is 10.1 Å². The fourth-order valence-corrected chi connectivity index (χ4v) is 3.08. The van der Waals surface area contributed by atoms with Crippen molar-refractivity contribution in [1.82, 2.24) is 5.32 Å². The average Bonchev–Trinajstić information content (AvgIpc) is 2.65. The molecule has 0 aliphatic rings. The Hall–Kier alpha value is -2.60. The van der Waals surface area contributed by atoms with Gasteiger partial charge >= 0.3 is 0 Å². The number of carbonyl (C=O) groups is 1. The number of benzene rings is 3. The first kappa shape index (κ1) is 18.2. The number of halogens is 2. The third-order valence-electron chi connectivity index (χ3n) is 3.91. The van der Waals surface area contributed by atoms with Crippen LogP contribution in [0.15, 0.2) is 65.6 Å². The monoisotopic (exact) mass is 373 g/mol. The number of nitrogens with one attached hydrogen (secondary N) is 1. The average molecular weight is 373 g/mol. The Labute approximate surface area is 154 Å². The molecule has 0 fully saturated rings. The molecule has 0 saturated carbocycles. The van der Waals surface area contributed by atoms with Gasteiger partial charge in [-0.3, -0.25) is 4.79 Å². The maximum absolute atomic E-state index is 12.3. The molecule has 0 aliphatic heterocycles. The first-order valence-electron chi connectivity index (χ1n) is 7.95. The van der Waals surface area contributed by atoms with Crippen molar-refractivity contribution < 1.29 is 18.3 Å². The maximum atomic E-state index is 12.3. The van der Waals surface area contributed by atoms with Gasteiger partial charge in [0.05, 0.1) is 7.11 Å². The predicted octanol–water partition coefficient (Wildman–Crippen LogP) is 5.09. The van der Waals surface area contributed by atoms with Gasteiger partial charge in [-0.1, -0.05) is 30.0 Å². The van der Waals surface area contributed by atoms with Gasteiger partial charge in [-0.15, -0.1) is 0 Å². The standard InChI is InChI=1S/C20H17F2NO2S/c1-25-17-7-4-15-10-13(2-3-16(15)11-17)12-23-19(24)14-5-8-18(9-6-14)26-20(21)22/h2-11,20H,12H2,1H3,(H,23,24). The van der Waals surface area contributed by atoms with Crippen LogP contribution in [0.2, 0.25) is 0 Å². The van der Waals surface area contributed by atoms with Crippen molar-refractivity contribution in [2.24, 2.45) is 0 Å². The van der Waals surface area contributed by atoms with Gasteiger partial charge in [-0.25, -0.2) is 0 Å². The molecule has 3 rings (SSSR count). The molecule has 0 saturated heterocycles. The number of thioether (sulfide) groups is 1. The number of methoxy groups -OCH3 is 1. The van der Waals surface area contributed by atoms with Crippen molar-refractivity contribution in [2.45, 2.75) is 17.2 Å². The Kier molecular flexibility index (Phi) is 5.73. The normalized spacial score (nSPS) is 10.9. The summed E-state index contributed by atoms with van der Waals surface area (Å²) in [5.74, 6) is -1.91. The fourth-order valence-electron chi connectivity index (χ4n) is 2.58. The molecule has 0 heterocycles. The molecule has 3 nitrogen and oxygen atoms in total. The zero-order valence-electron chi connectivity index (χ0n) is 14.0. The molecule has 6 heteroatoms. The zero-order valence-corrected chi connectivity index (χ0v) is 14.9. The third-order valence-corrected chi connectivity index (χ3v) is 4.63. The van der Waals surface area contributed by atoms with E-state index in [2.05, 4.69) is 5.32 Å². The number of ether oxygens (including phenoxy) is 1. The second-order valence-corrected chi connectivity index (χ2v) is 6.70. The highest BCUT2D eigenvalue weighted by Gasteiger charge is 2.08.